The standard InChI is InChI=1S/C18H20N2O/c1-2-3-4-7-12-20(14-19)18(21)17-11-10-15-8-5-6-9-16(15)13-17/h5-6,8-11,13H,2-4,7,12H2,1H3/i18+1. The fourth-order valence-electron chi connectivity index (χ4n) is 2.37. The molecule has 2 rings (SSSR count). The van der Waals surface area contributed by atoms with Gasteiger partial charge in [0.05, 0.1) is 0 Å². The second-order valence-corrected chi connectivity index (χ2v) is 5.18. The molecule has 0 aliphatic carbocycles. The first-order valence-corrected chi connectivity index (χ1v) is 7.46. The van der Waals surface area contributed by atoms with Crippen molar-refractivity contribution < 1.29 is 4.79 Å². The first kappa shape index (κ1) is 15.1. The molecule has 0 saturated heterocycles. The van der Waals surface area contributed by atoms with Crippen molar-refractivity contribution in [1.82, 2.24) is 4.90 Å². The van der Waals surface area contributed by atoms with E-state index in [2.05, 4.69) is 6.92 Å². The minimum atomic E-state index is -0.209. The van der Waals surface area contributed by atoms with Gasteiger partial charge < -0.3 is 0 Å². The molecule has 2 aromatic carbocycles. The number of nitrogens with zero attached hydrogens (tertiary/aromatic N) is 2. The minimum absolute atomic E-state index is 0.209. The average Bonchev–Trinajstić information content (AvgIpc) is 2.54. The van der Waals surface area contributed by atoms with E-state index in [0.29, 0.717) is 12.1 Å². The molecule has 3 nitrogen and oxygen atoms in total. The van der Waals surface area contributed by atoms with Gasteiger partial charge in [0, 0.05) is 12.1 Å². The molecular formula is C18H20N2O. The Morgan fingerprint density at radius 1 is 1.10 bits per heavy atom. The third-order valence-corrected chi connectivity index (χ3v) is 3.60. The van der Waals surface area contributed by atoms with E-state index in [1.165, 1.54) is 4.90 Å². The monoisotopic (exact) mass is 281 g/mol. The van der Waals surface area contributed by atoms with E-state index in [1.807, 2.05) is 42.6 Å². The first-order chi connectivity index (χ1) is 10.3. The SMILES string of the molecule is CCCCCCN(C#N)[13C](=O)c1ccc2ccccc2c1. The molecule has 0 heterocycles. The molecule has 0 radical (unpaired) electrons. The smallest absolute Gasteiger partial charge is 0.266 e. The highest BCUT2D eigenvalue weighted by Crippen LogP contribution is 2.17. The van der Waals surface area contributed by atoms with E-state index >= 15 is 0 Å². The number of hydrogen-bond donors (Lipinski definition) is 0. The fourth-order valence-corrected chi connectivity index (χ4v) is 2.37. The van der Waals surface area contributed by atoms with Crippen LogP contribution in [0.15, 0.2) is 42.5 Å². The summed E-state index contributed by atoms with van der Waals surface area (Å²) in [6, 6.07) is 13.5. The van der Waals surface area contributed by atoms with Crippen LogP contribution in [0.4, 0.5) is 0 Å². The molecule has 3 heteroatoms. The zero-order valence-electron chi connectivity index (χ0n) is 12.4. The third kappa shape index (κ3) is 3.82. The summed E-state index contributed by atoms with van der Waals surface area (Å²) in [4.78, 5) is 13.7. The predicted octanol–water partition coefficient (Wildman–Crippen LogP) is 4.34. The minimum Gasteiger partial charge on any atom is -0.268 e. The van der Waals surface area contributed by atoms with Crippen LogP contribution in [0.25, 0.3) is 10.8 Å². The van der Waals surface area contributed by atoms with Gasteiger partial charge in [0.15, 0.2) is 6.19 Å². The van der Waals surface area contributed by atoms with Gasteiger partial charge in [0.2, 0.25) is 0 Å². The van der Waals surface area contributed by atoms with Crippen LogP contribution in [0.1, 0.15) is 43.0 Å². The lowest BCUT2D eigenvalue weighted by molar-refractivity contribution is 0.0830. The van der Waals surface area contributed by atoms with Crippen molar-refractivity contribution in [2.75, 3.05) is 6.54 Å². The number of carbonyl (C=O) groups is 1. The number of nitriles is 1. The largest absolute Gasteiger partial charge is 0.268 e. The van der Waals surface area contributed by atoms with Crippen molar-refractivity contribution in [3.63, 3.8) is 0 Å². The topological polar surface area (TPSA) is 44.1 Å². The summed E-state index contributed by atoms with van der Waals surface area (Å²) in [6.07, 6.45) is 6.23. The first-order valence-electron chi connectivity index (χ1n) is 7.46. The van der Waals surface area contributed by atoms with Gasteiger partial charge in [-0.15, -0.1) is 0 Å². The predicted molar refractivity (Wildman–Crippen MR) is 84.7 cm³/mol. The zero-order valence-corrected chi connectivity index (χ0v) is 12.4. The summed E-state index contributed by atoms with van der Waals surface area (Å²) in [5, 5.41) is 11.3. The Morgan fingerprint density at radius 2 is 1.86 bits per heavy atom. The van der Waals surface area contributed by atoms with Crippen molar-refractivity contribution in [2.45, 2.75) is 32.6 Å². The van der Waals surface area contributed by atoms with E-state index in [-0.39, 0.29) is 5.91 Å². The molecule has 1 amide bonds. The normalized spacial score (nSPS) is 10.3. The maximum atomic E-state index is 12.4. The van der Waals surface area contributed by atoms with Crippen LogP contribution in [0.3, 0.4) is 0 Å². The van der Waals surface area contributed by atoms with Crippen LogP contribution in [0.5, 0.6) is 0 Å². The maximum absolute atomic E-state index is 12.4. The molecule has 0 N–H and O–H groups in total. The molecule has 0 aliphatic rings. The summed E-state index contributed by atoms with van der Waals surface area (Å²) in [6.45, 7) is 2.64. The molecule has 0 spiro atoms. The molecule has 21 heavy (non-hydrogen) atoms. The fraction of sp³-hybridized carbons (Fsp3) is 0.333. The quantitative estimate of drug-likeness (QED) is 0.342. The van der Waals surface area contributed by atoms with E-state index in [9.17, 15) is 10.1 Å². The molecule has 0 saturated carbocycles. The lowest BCUT2D eigenvalue weighted by Crippen LogP contribution is -2.27. The second kappa shape index (κ2) is 7.44. The van der Waals surface area contributed by atoms with Gasteiger partial charge in [0.25, 0.3) is 5.91 Å². The Hall–Kier alpha value is -2.34. The van der Waals surface area contributed by atoms with Crippen molar-refractivity contribution in [3.05, 3.63) is 48.0 Å². The number of rotatable bonds is 6. The molecule has 0 unspecified atom stereocenters. The highest BCUT2D eigenvalue weighted by atomic mass is 16.2. The van der Waals surface area contributed by atoms with Crippen molar-refractivity contribution in [1.29, 1.82) is 5.26 Å². The Balaban J connectivity index is 2.10. The maximum Gasteiger partial charge on any atom is 0.266 e. The van der Waals surface area contributed by atoms with Crippen LogP contribution in [-0.2, 0) is 0 Å². The van der Waals surface area contributed by atoms with Crippen LogP contribution in [-0.4, -0.2) is 17.4 Å². The van der Waals surface area contributed by atoms with E-state index in [4.69, 9.17) is 0 Å². The van der Waals surface area contributed by atoms with E-state index < -0.39 is 0 Å². The molecule has 108 valence electrons. The highest BCUT2D eigenvalue weighted by molar-refractivity contribution is 5.99. The van der Waals surface area contributed by atoms with Crippen LogP contribution in [0, 0.1) is 11.5 Å². The molecule has 0 aliphatic heterocycles. The number of hydrogen-bond acceptors (Lipinski definition) is 2. The molecule has 0 bridgehead atoms. The van der Waals surface area contributed by atoms with Gasteiger partial charge in [-0.2, -0.15) is 5.26 Å². The molecular weight excluding hydrogens is 261 g/mol. The van der Waals surface area contributed by atoms with Crippen LogP contribution in [0.2, 0.25) is 0 Å². The van der Waals surface area contributed by atoms with E-state index in [1.54, 1.807) is 6.07 Å². The summed E-state index contributed by atoms with van der Waals surface area (Å²) >= 11 is 0. The summed E-state index contributed by atoms with van der Waals surface area (Å²) in [7, 11) is 0. The van der Waals surface area contributed by atoms with Crippen LogP contribution >= 0.6 is 0 Å². The lowest BCUT2D eigenvalue weighted by Gasteiger charge is -2.14. The number of unbranched alkanes of at least 4 members (excludes halogenated alkanes) is 3. The number of amides is 1. The Bertz CT molecular complexity index is 658. The third-order valence-electron chi connectivity index (χ3n) is 3.60. The lowest BCUT2D eigenvalue weighted by atomic mass is 10.1. The summed E-state index contributed by atoms with van der Waals surface area (Å²) < 4.78 is 0. The second-order valence-electron chi connectivity index (χ2n) is 5.18. The Labute approximate surface area is 125 Å². The number of carbonyl (C=O) groups excluding carboxylic acids is 1. The van der Waals surface area contributed by atoms with Crippen molar-refractivity contribution in [3.8, 4) is 6.19 Å². The zero-order chi connectivity index (χ0) is 15.1. The van der Waals surface area contributed by atoms with Gasteiger partial charge in [-0.25, -0.2) is 4.90 Å². The molecule has 0 atom stereocenters. The molecule has 0 aromatic heterocycles. The van der Waals surface area contributed by atoms with E-state index in [0.717, 1.165) is 36.5 Å². The van der Waals surface area contributed by atoms with Gasteiger partial charge in [0.1, 0.15) is 0 Å². The number of fused-ring (bicyclic) bond motifs is 1. The molecule has 0 fully saturated rings. The Morgan fingerprint density at radius 3 is 2.57 bits per heavy atom. The molecule has 2 aromatic rings. The van der Waals surface area contributed by atoms with Gasteiger partial charge in [-0.05, 0) is 29.3 Å². The highest BCUT2D eigenvalue weighted by Gasteiger charge is 2.15. The summed E-state index contributed by atoms with van der Waals surface area (Å²) in [5.41, 5.74) is 0.575. The van der Waals surface area contributed by atoms with Gasteiger partial charge in [-0.1, -0.05) is 56.5 Å². The van der Waals surface area contributed by atoms with Crippen molar-refractivity contribution >= 4 is 16.7 Å². The van der Waals surface area contributed by atoms with Gasteiger partial charge >= 0.3 is 0 Å². The average molecular weight is 281 g/mol. The Kier molecular flexibility index (Phi) is 5.34. The summed E-state index contributed by atoms with van der Waals surface area (Å²) in [5.74, 6) is -0.209. The van der Waals surface area contributed by atoms with Gasteiger partial charge in [-0.3, -0.25) is 4.79 Å². The number of benzene rings is 2. The van der Waals surface area contributed by atoms with Crippen molar-refractivity contribution in [2.24, 2.45) is 0 Å². The van der Waals surface area contributed by atoms with Crippen LogP contribution < -0.4 is 0 Å².